The van der Waals surface area contributed by atoms with Gasteiger partial charge in [0.2, 0.25) is 5.91 Å². The SMILES string of the molecule is CC(C)CNC(=O)CCNCc1c(F)cccc1F. The van der Waals surface area contributed by atoms with Crippen LogP contribution in [0.1, 0.15) is 25.8 Å². The van der Waals surface area contributed by atoms with Crippen LogP contribution in [0.15, 0.2) is 18.2 Å². The molecule has 0 saturated heterocycles. The molecular formula is C14H20F2N2O. The fourth-order valence-corrected chi connectivity index (χ4v) is 1.52. The molecule has 1 amide bonds. The lowest BCUT2D eigenvalue weighted by Gasteiger charge is -2.09. The summed E-state index contributed by atoms with van der Waals surface area (Å²) in [6, 6.07) is 3.76. The minimum absolute atomic E-state index is 0.00471. The first-order valence-corrected chi connectivity index (χ1v) is 6.41. The molecule has 2 N–H and O–H groups in total. The largest absolute Gasteiger partial charge is 0.356 e. The van der Waals surface area contributed by atoms with Gasteiger partial charge in [0, 0.05) is 31.6 Å². The second-order valence-corrected chi connectivity index (χ2v) is 4.82. The first-order valence-electron chi connectivity index (χ1n) is 6.41. The van der Waals surface area contributed by atoms with Crippen molar-refractivity contribution < 1.29 is 13.6 Å². The quantitative estimate of drug-likeness (QED) is 0.746. The minimum Gasteiger partial charge on any atom is -0.356 e. The van der Waals surface area contributed by atoms with Gasteiger partial charge in [-0.05, 0) is 18.1 Å². The maximum absolute atomic E-state index is 13.3. The first kappa shape index (κ1) is 15.6. The van der Waals surface area contributed by atoms with E-state index in [1.54, 1.807) is 0 Å². The molecule has 0 aliphatic heterocycles. The van der Waals surface area contributed by atoms with E-state index in [1.165, 1.54) is 18.2 Å². The lowest BCUT2D eigenvalue weighted by atomic mass is 10.2. The van der Waals surface area contributed by atoms with Gasteiger partial charge in [0.15, 0.2) is 0 Å². The normalized spacial score (nSPS) is 10.8. The van der Waals surface area contributed by atoms with Crippen LogP contribution in [0.4, 0.5) is 8.78 Å². The molecule has 1 aromatic rings. The van der Waals surface area contributed by atoms with Crippen molar-refractivity contribution in [2.24, 2.45) is 5.92 Å². The van der Waals surface area contributed by atoms with Gasteiger partial charge in [-0.3, -0.25) is 4.79 Å². The van der Waals surface area contributed by atoms with Crippen molar-refractivity contribution >= 4 is 5.91 Å². The Morgan fingerprint density at radius 2 is 1.89 bits per heavy atom. The maximum atomic E-state index is 13.3. The van der Waals surface area contributed by atoms with Crippen molar-refractivity contribution in [3.8, 4) is 0 Å². The first-order chi connectivity index (χ1) is 9.00. The number of carbonyl (C=O) groups is 1. The van der Waals surface area contributed by atoms with E-state index < -0.39 is 11.6 Å². The number of amides is 1. The zero-order valence-corrected chi connectivity index (χ0v) is 11.3. The Balaban J connectivity index is 2.26. The van der Waals surface area contributed by atoms with Crippen LogP contribution in [0, 0.1) is 17.6 Å². The summed E-state index contributed by atoms with van der Waals surface area (Å²) in [6.45, 7) is 5.13. The molecule has 0 aromatic heterocycles. The number of halogens is 2. The molecule has 1 aromatic carbocycles. The molecule has 0 atom stereocenters. The van der Waals surface area contributed by atoms with Gasteiger partial charge in [-0.25, -0.2) is 8.78 Å². The van der Waals surface area contributed by atoms with Crippen LogP contribution in [0.5, 0.6) is 0 Å². The van der Waals surface area contributed by atoms with Crippen molar-refractivity contribution in [3.63, 3.8) is 0 Å². The van der Waals surface area contributed by atoms with E-state index in [9.17, 15) is 13.6 Å². The summed E-state index contributed by atoms with van der Waals surface area (Å²) in [6.07, 6.45) is 0.294. The zero-order chi connectivity index (χ0) is 14.3. The van der Waals surface area contributed by atoms with E-state index in [0.29, 0.717) is 25.4 Å². The van der Waals surface area contributed by atoms with Crippen LogP contribution >= 0.6 is 0 Å². The van der Waals surface area contributed by atoms with Crippen LogP contribution in [0.25, 0.3) is 0 Å². The summed E-state index contributed by atoms with van der Waals surface area (Å²) >= 11 is 0. The number of nitrogens with one attached hydrogen (secondary N) is 2. The lowest BCUT2D eigenvalue weighted by molar-refractivity contribution is -0.121. The molecule has 0 bridgehead atoms. The van der Waals surface area contributed by atoms with Crippen molar-refractivity contribution in [2.45, 2.75) is 26.8 Å². The molecule has 0 unspecified atom stereocenters. The van der Waals surface area contributed by atoms with Crippen molar-refractivity contribution in [1.29, 1.82) is 0 Å². The number of hydrogen-bond acceptors (Lipinski definition) is 2. The zero-order valence-electron chi connectivity index (χ0n) is 11.3. The maximum Gasteiger partial charge on any atom is 0.221 e. The minimum atomic E-state index is -0.572. The molecule has 3 nitrogen and oxygen atoms in total. The van der Waals surface area contributed by atoms with E-state index in [4.69, 9.17) is 0 Å². The van der Waals surface area contributed by atoms with E-state index in [-0.39, 0.29) is 18.0 Å². The molecule has 1 rings (SSSR count). The van der Waals surface area contributed by atoms with Gasteiger partial charge in [0.05, 0.1) is 0 Å². The molecule has 5 heteroatoms. The Morgan fingerprint density at radius 3 is 2.47 bits per heavy atom. The summed E-state index contributed by atoms with van der Waals surface area (Å²) in [5.41, 5.74) is 0.00471. The molecule has 0 radical (unpaired) electrons. The van der Waals surface area contributed by atoms with Gasteiger partial charge in [0.1, 0.15) is 11.6 Å². The Bertz CT molecular complexity index is 402. The molecule has 106 valence electrons. The molecule has 19 heavy (non-hydrogen) atoms. The predicted molar refractivity (Wildman–Crippen MR) is 70.5 cm³/mol. The fourth-order valence-electron chi connectivity index (χ4n) is 1.52. The molecule has 0 aliphatic carbocycles. The number of carbonyl (C=O) groups excluding carboxylic acids is 1. The van der Waals surface area contributed by atoms with Crippen LogP contribution in [-0.4, -0.2) is 19.0 Å². The van der Waals surface area contributed by atoms with Gasteiger partial charge < -0.3 is 10.6 Å². The summed E-state index contributed by atoms with van der Waals surface area (Å²) in [5, 5.41) is 5.64. The van der Waals surface area contributed by atoms with Gasteiger partial charge >= 0.3 is 0 Å². The second-order valence-electron chi connectivity index (χ2n) is 4.82. The van der Waals surface area contributed by atoms with Crippen molar-refractivity contribution in [3.05, 3.63) is 35.4 Å². The summed E-state index contributed by atoms with van der Waals surface area (Å²) in [5.74, 6) is -0.798. The predicted octanol–water partition coefficient (Wildman–Crippen LogP) is 2.22. The van der Waals surface area contributed by atoms with Gasteiger partial charge in [-0.2, -0.15) is 0 Å². The Morgan fingerprint density at radius 1 is 1.26 bits per heavy atom. The highest BCUT2D eigenvalue weighted by molar-refractivity contribution is 5.76. The third-order valence-corrected chi connectivity index (χ3v) is 2.60. The van der Waals surface area contributed by atoms with Crippen LogP contribution in [0.3, 0.4) is 0 Å². The second kappa shape index (κ2) is 7.84. The highest BCUT2D eigenvalue weighted by Gasteiger charge is 2.08. The van der Waals surface area contributed by atoms with Gasteiger partial charge in [-0.1, -0.05) is 19.9 Å². The number of hydrogen-bond donors (Lipinski definition) is 2. The lowest BCUT2D eigenvalue weighted by Crippen LogP contribution is -2.30. The van der Waals surface area contributed by atoms with E-state index in [2.05, 4.69) is 10.6 Å². The molecule has 0 fully saturated rings. The molecule has 0 heterocycles. The van der Waals surface area contributed by atoms with Crippen LogP contribution < -0.4 is 10.6 Å². The third kappa shape index (κ3) is 5.79. The summed E-state index contributed by atoms with van der Waals surface area (Å²) < 4.78 is 26.6. The van der Waals surface area contributed by atoms with E-state index in [0.717, 1.165) is 0 Å². The number of rotatable bonds is 7. The average molecular weight is 270 g/mol. The highest BCUT2D eigenvalue weighted by atomic mass is 19.1. The van der Waals surface area contributed by atoms with Gasteiger partial charge in [0.25, 0.3) is 0 Å². The van der Waals surface area contributed by atoms with Crippen molar-refractivity contribution in [1.82, 2.24) is 10.6 Å². The third-order valence-electron chi connectivity index (χ3n) is 2.60. The van der Waals surface area contributed by atoms with Crippen molar-refractivity contribution in [2.75, 3.05) is 13.1 Å². The summed E-state index contributed by atoms with van der Waals surface area (Å²) in [4.78, 5) is 11.4. The topological polar surface area (TPSA) is 41.1 Å². The highest BCUT2D eigenvalue weighted by Crippen LogP contribution is 2.11. The summed E-state index contributed by atoms with van der Waals surface area (Å²) in [7, 11) is 0. The standard InChI is InChI=1S/C14H20F2N2O/c1-10(2)8-18-14(19)6-7-17-9-11-12(15)4-3-5-13(11)16/h3-5,10,17H,6-9H2,1-2H3,(H,18,19). The van der Waals surface area contributed by atoms with Crippen LogP contribution in [0.2, 0.25) is 0 Å². The Kier molecular flexibility index (Phi) is 6.42. The average Bonchev–Trinajstić information content (AvgIpc) is 2.35. The molecular weight excluding hydrogens is 250 g/mol. The van der Waals surface area contributed by atoms with Gasteiger partial charge in [-0.15, -0.1) is 0 Å². The van der Waals surface area contributed by atoms with E-state index >= 15 is 0 Å². The van der Waals surface area contributed by atoms with E-state index in [1.807, 2.05) is 13.8 Å². The molecule has 0 aliphatic rings. The monoisotopic (exact) mass is 270 g/mol. The smallest absolute Gasteiger partial charge is 0.221 e. The Hall–Kier alpha value is -1.49. The fraction of sp³-hybridized carbons (Fsp3) is 0.500. The number of benzene rings is 1. The molecule has 0 spiro atoms. The Labute approximate surface area is 112 Å². The molecule has 0 saturated carbocycles. The van der Waals surface area contributed by atoms with Crippen LogP contribution in [-0.2, 0) is 11.3 Å².